The number of hydrogen-bond acceptors (Lipinski definition) is 3. The van der Waals surface area contributed by atoms with Crippen molar-refractivity contribution in [3.8, 4) is 0 Å². The number of rotatable bonds is 5. The molecule has 3 heteroatoms. The molecular weight excluding hydrogens is 246 g/mol. The van der Waals surface area contributed by atoms with Gasteiger partial charge in [0.05, 0.1) is 0 Å². The number of benzene rings is 1. The van der Waals surface area contributed by atoms with Crippen LogP contribution in [0.2, 0.25) is 0 Å². The SMILES string of the molecule is CCc1ccccc1C(CN)N(C)C1CCCN(C)C1. The van der Waals surface area contributed by atoms with E-state index in [0.717, 1.165) is 13.0 Å². The van der Waals surface area contributed by atoms with Gasteiger partial charge in [0.2, 0.25) is 0 Å². The number of aryl methyl sites for hydroxylation is 1. The molecule has 1 aliphatic heterocycles. The molecular formula is C17H29N3. The molecule has 1 aromatic rings. The third-order valence-corrected chi connectivity index (χ3v) is 4.69. The minimum Gasteiger partial charge on any atom is -0.329 e. The maximum absolute atomic E-state index is 6.12. The van der Waals surface area contributed by atoms with Gasteiger partial charge in [-0.15, -0.1) is 0 Å². The largest absolute Gasteiger partial charge is 0.329 e. The van der Waals surface area contributed by atoms with Crippen LogP contribution in [0.1, 0.15) is 36.9 Å². The Hall–Kier alpha value is -0.900. The Morgan fingerprint density at radius 3 is 2.80 bits per heavy atom. The first-order valence-corrected chi connectivity index (χ1v) is 7.85. The summed E-state index contributed by atoms with van der Waals surface area (Å²) in [7, 11) is 4.46. The molecule has 1 saturated heterocycles. The lowest BCUT2D eigenvalue weighted by atomic mass is 9.95. The first-order chi connectivity index (χ1) is 9.67. The molecule has 1 fully saturated rings. The Morgan fingerprint density at radius 2 is 2.15 bits per heavy atom. The quantitative estimate of drug-likeness (QED) is 0.895. The summed E-state index contributed by atoms with van der Waals surface area (Å²) in [6.07, 6.45) is 3.65. The van der Waals surface area contributed by atoms with E-state index in [4.69, 9.17) is 5.73 Å². The number of hydrogen-bond donors (Lipinski definition) is 1. The summed E-state index contributed by atoms with van der Waals surface area (Å²) < 4.78 is 0. The third kappa shape index (κ3) is 3.40. The second-order valence-corrected chi connectivity index (χ2v) is 6.03. The Morgan fingerprint density at radius 1 is 1.40 bits per heavy atom. The highest BCUT2D eigenvalue weighted by Gasteiger charge is 2.27. The molecule has 0 bridgehead atoms. The molecule has 1 heterocycles. The van der Waals surface area contributed by atoms with Gasteiger partial charge < -0.3 is 10.6 Å². The molecule has 0 spiro atoms. The van der Waals surface area contributed by atoms with Crippen LogP contribution in [-0.2, 0) is 6.42 Å². The van der Waals surface area contributed by atoms with Gasteiger partial charge in [-0.2, -0.15) is 0 Å². The van der Waals surface area contributed by atoms with Gasteiger partial charge in [0.1, 0.15) is 0 Å². The van der Waals surface area contributed by atoms with Crippen molar-refractivity contribution in [3.63, 3.8) is 0 Å². The Labute approximate surface area is 123 Å². The predicted octanol–water partition coefficient (Wildman–Crippen LogP) is 2.27. The van der Waals surface area contributed by atoms with E-state index in [1.165, 1.54) is 30.5 Å². The van der Waals surface area contributed by atoms with Crippen LogP contribution in [-0.4, -0.2) is 49.6 Å². The van der Waals surface area contributed by atoms with E-state index in [0.29, 0.717) is 18.6 Å². The fraction of sp³-hybridized carbons (Fsp3) is 0.647. The standard InChI is InChI=1S/C17H29N3/c1-4-14-8-5-6-10-16(14)17(12-18)20(3)15-9-7-11-19(2)13-15/h5-6,8,10,15,17H,4,7,9,11-13,18H2,1-3H3. The molecule has 2 rings (SSSR count). The van der Waals surface area contributed by atoms with Crippen molar-refractivity contribution in [2.24, 2.45) is 5.73 Å². The second kappa shape index (κ2) is 7.21. The first kappa shape index (κ1) is 15.5. The van der Waals surface area contributed by atoms with Gasteiger partial charge >= 0.3 is 0 Å². The van der Waals surface area contributed by atoms with Crippen LogP contribution in [0.15, 0.2) is 24.3 Å². The zero-order valence-corrected chi connectivity index (χ0v) is 13.2. The van der Waals surface area contributed by atoms with Gasteiger partial charge in [-0.1, -0.05) is 31.2 Å². The van der Waals surface area contributed by atoms with E-state index in [-0.39, 0.29) is 0 Å². The second-order valence-electron chi connectivity index (χ2n) is 6.03. The molecule has 0 saturated carbocycles. The third-order valence-electron chi connectivity index (χ3n) is 4.69. The average molecular weight is 275 g/mol. The van der Waals surface area contributed by atoms with Crippen LogP contribution in [0, 0.1) is 0 Å². The zero-order chi connectivity index (χ0) is 14.5. The van der Waals surface area contributed by atoms with Crippen molar-refractivity contribution < 1.29 is 0 Å². The van der Waals surface area contributed by atoms with Gasteiger partial charge in [0.15, 0.2) is 0 Å². The summed E-state index contributed by atoms with van der Waals surface area (Å²) in [5.41, 5.74) is 8.96. The van der Waals surface area contributed by atoms with E-state index in [9.17, 15) is 0 Å². The molecule has 20 heavy (non-hydrogen) atoms. The fourth-order valence-electron chi connectivity index (χ4n) is 3.42. The average Bonchev–Trinajstić information content (AvgIpc) is 2.48. The molecule has 3 nitrogen and oxygen atoms in total. The molecule has 0 amide bonds. The van der Waals surface area contributed by atoms with E-state index < -0.39 is 0 Å². The first-order valence-electron chi connectivity index (χ1n) is 7.85. The molecule has 1 aromatic carbocycles. The van der Waals surface area contributed by atoms with E-state index in [1.54, 1.807) is 0 Å². The monoisotopic (exact) mass is 275 g/mol. The Bertz CT molecular complexity index is 418. The van der Waals surface area contributed by atoms with Crippen LogP contribution >= 0.6 is 0 Å². The lowest BCUT2D eigenvalue weighted by Gasteiger charge is -2.40. The maximum atomic E-state index is 6.12. The summed E-state index contributed by atoms with van der Waals surface area (Å²) in [5.74, 6) is 0. The normalized spacial score (nSPS) is 22.1. The van der Waals surface area contributed by atoms with Gasteiger partial charge in [-0.3, -0.25) is 4.90 Å². The van der Waals surface area contributed by atoms with Crippen molar-refractivity contribution in [2.45, 2.75) is 38.3 Å². The lowest BCUT2D eigenvalue weighted by molar-refractivity contribution is 0.101. The fourth-order valence-corrected chi connectivity index (χ4v) is 3.42. The minimum absolute atomic E-state index is 0.336. The summed E-state index contributed by atoms with van der Waals surface area (Å²) in [4.78, 5) is 4.94. The Kier molecular flexibility index (Phi) is 5.58. The van der Waals surface area contributed by atoms with Crippen molar-refractivity contribution in [3.05, 3.63) is 35.4 Å². The lowest BCUT2D eigenvalue weighted by Crippen LogP contribution is -2.47. The molecule has 112 valence electrons. The summed E-state index contributed by atoms with van der Waals surface area (Å²) >= 11 is 0. The number of piperidine rings is 1. The number of nitrogens with zero attached hydrogens (tertiary/aromatic N) is 2. The van der Waals surface area contributed by atoms with Crippen molar-refractivity contribution >= 4 is 0 Å². The van der Waals surface area contributed by atoms with E-state index in [2.05, 4.69) is 55.1 Å². The smallest absolute Gasteiger partial charge is 0.0473 e. The highest BCUT2D eigenvalue weighted by Crippen LogP contribution is 2.27. The molecule has 1 aliphatic rings. The van der Waals surface area contributed by atoms with E-state index in [1.807, 2.05) is 0 Å². The van der Waals surface area contributed by atoms with Gasteiger partial charge in [0, 0.05) is 25.2 Å². The van der Waals surface area contributed by atoms with Crippen molar-refractivity contribution in [2.75, 3.05) is 33.7 Å². The maximum Gasteiger partial charge on any atom is 0.0473 e. The van der Waals surface area contributed by atoms with Gasteiger partial charge in [-0.25, -0.2) is 0 Å². The molecule has 2 unspecified atom stereocenters. The van der Waals surface area contributed by atoms with Crippen LogP contribution < -0.4 is 5.73 Å². The molecule has 0 aliphatic carbocycles. The molecule has 2 N–H and O–H groups in total. The minimum atomic E-state index is 0.336. The number of nitrogens with two attached hydrogens (primary N) is 1. The Balaban J connectivity index is 2.18. The van der Waals surface area contributed by atoms with Crippen LogP contribution in [0.4, 0.5) is 0 Å². The van der Waals surface area contributed by atoms with Gasteiger partial charge in [0.25, 0.3) is 0 Å². The summed E-state index contributed by atoms with van der Waals surface area (Å²) in [6, 6.07) is 9.70. The molecule has 2 atom stereocenters. The predicted molar refractivity (Wildman–Crippen MR) is 85.9 cm³/mol. The molecule has 0 radical (unpaired) electrons. The van der Waals surface area contributed by atoms with Crippen molar-refractivity contribution in [1.82, 2.24) is 9.80 Å². The summed E-state index contributed by atoms with van der Waals surface area (Å²) in [6.45, 7) is 5.29. The highest BCUT2D eigenvalue weighted by atomic mass is 15.2. The van der Waals surface area contributed by atoms with E-state index >= 15 is 0 Å². The summed E-state index contributed by atoms with van der Waals surface area (Å²) in [5, 5.41) is 0. The van der Waals surface area contributed by atoms with Crippen LogP contribution in [0.5, 0.6) is 0 Å². The number of likely N-dealkylation sites (N-methyl/N-ethyl adjacent to an activating group) is 2. The van der Waals surface area contributed by atoms with Crippen LogP contribution in [0.25, 0.3) is 0 Å². The number of likely N-dealkylation sites (tertiary alicyclic amines) is 1. The molecule has 0 aromatic heterocycles. The van der Waals surface area contributed by atoms with Gasteiger partial charge in [-0.05, 0) is 51.0 Å². The zero-order valence-electron chi connectivity index (χ0n) is 13.2. The highest BCUT2D eigenvalue weighted by molar-refractivity contribution is 5.30. The topological polar surface area (TPSA) is 32.5 Å². The van der Waals surface area contributed by atoms with Crippen LogP contribution in [0.3, 0.4) is 0 Å². The van der Waals surface area contributed by atoms with Crippen molar-refractivity contribution in [1.29, 1.82) is 0 Å².